The van der Waals surface area contributed by atoms with E-state index in [1.807, 2.05) is 13.0 Å². The Morgan fingerprint density at radius 3 is 2.50 bits per heavy atom. The Labute approximate surface area is 128 Å². The molecule has 22 heavy (non-hydrogen) atoms. The smallest absolute Gasteiger partial charge is 0.337 e. The van der Waals surface area contributed by atoms with Crippen molar-refractivity contribution in [2.75, 3.05) is 19.5 Å². The van der Waals surface area contributed by atoms with Crippen molar-refractivity contribution in [1.29, 1.82) is 0 Å². The predicted molar refractivity (Wildman–Crippen MR) is 83.5 cm³/mol. The Balaban J connectivity index is 2.26. The van der Waals surface area contributed by atoms with E-state index < -0.39 is 5.97 Å². The van der Waals surface area contributed by atoms with Crippen LogP contribution in [0.3, 0.4) is 0 Å². The lowest BCUT2D eigenvalue weighted by atomic mass is 10.1. The Bertz CT molecular complexity index is 710. The average Bonchev–Trinajstić information content (AvgIpc) is 2.54. The fourth-order valence-electron chi connectivity index (χ4n) is 2.04. The standard InChI is InChI=1S/C17H17NO4/c1-11-7-8-15(21-2)14(9-11)16(19)18-13-6-4-5-12(10-13)17(20)22-3/h4-10H,1-3H3,(H,18,19). The lowest BCUT2D eigenvalue weighted by Gasteiger charge is -2.10. The maximum Gasteiger partial charge on any atom is 0.337 e. The first-order valence-corrected chi connectivity index (χ1v) is 6.69. The summed E-state index contributed by atoms with van der Waals surface area (Å²) in [6.45, 7) is 1.90. The first kappa shape index (κ1) is 15.6. The normalized spacial score (nSPS) is 9.95. The Hall–Kier alpha value is -2.82. The molecule has 1 N–H and O–H groups in total. The van der Waals surface area contributed by atoms with Crippen molar-refractivity contribution in [1.82, 2.24) is 0 Å². The van der Waals surface area contributed by atoms with E-state index in [1.165, 1.54) is 14.2 Å². The number of hydrogen-bond acceptors (Lipinski definition) is 4. The summed E-state index contributed by atoms with van der Waals surface area (Å²) in [5.74, 6) is -0.265. The number of ether oxygens (including phenoxy) is 2. The zero-order valence-corrected chi connectivity index (χ0v) is 12.7. The summed E-state index contributed by atoms with van der Waals surface area (Å²) in [5, 5.41) is 2.75. The van der Waals surface area contributed by atoms with Crippen molar-refractivity contribution in [3.63, 3.8) is 0 Å². The number of anilines is 1. The van der Waals surface area contributed by atoms with Crippen LogP contribution in [0.4, 0.5) is 5.69 Å². The van der Waals surface area contributed by atoms with Crippen molar-refractivity contribution in [3.8, 4) is 5.75 Å². The molecule has 0 aliphatic carbocycles. The van der Waals surface area contributed by atoms with E-state index in [2.05, 4.69) is 10.1 Å². The van der Waals surface area contributed by atoms with Gasteiger partial charge in [-0.25, -0.2) is 4.79 Å². The highest BCUT2D eigenvalue weighted by molar-refractivity contribution is 6.06. The number of amides is 1. The molecule has 2 aromatic carbocycles. The fourth-order valence-corrected chi connectivity index (χ4v) is 2.04. The van der Waals surface area contributed by atoms with Crippen molar-refractivity contribution < 1.29 is 19.1 Å². The van der Waals surface area contributed by atoms with Crippen LogP contribution in [0.1, 0.15) is 26.3 Å². The van der Waals surface area contributed by atoms with Gasteiger partial charge in [0.25, 0.3) is 5.91 Å². The molecule has 0 aliphatic heterocycles. The molecule has 1 amide bonds. The molecule has 0 fully saturated rings. The summed E-state index contributed by atoms with van der Waals surface area (Å²) in [6.07, 6.45) is 0. The minimum atomic E-state index is -0.454. The van der Waals surface area contributed by atoms with Crippen LogP contribution in [0.5, 0.6) is 5.75 Å². The first-order chi connectivity index (χ1) is 10.5. The monoisotopic (exact) mass is 299 g/mol. The van der Waals surface area contributed by atoms with Gasteiger partial charge >= 0.3 is 5.97 Å². The number of methoxy groups -OCH3 is 2. The predicted octanol–water partition coefficient (Wildman–Crippen LogP) is 3.04. The zero-order valence-electron chi connectivity index (χ0n) is 12.7. The van der Waals surface area contributed by atoms with Crippen LogP contribution in [-0.2, 0) is 4.74 Å². The largest absolute Gasteiger partial charge is 0.496 e. The molecule has 0 aromatic heterocycles. The van der Waals surface area contributed by atoms with E-state index in [4.69, 9.17) is 4.74 Å². The van der Waals surface area contributed by atoms with Gasteiger partial charge in [0, 0.05) is 5.69 Å². The highest BCUT2D eigenvalue weighted by Gasteiger charge is 2.13. The number of esters is 1. The number of benzene rings is 2. The molecule has 0 unspecified atom stereocenters. The maximum atomic E-state index is 12.4. The van der Waals surface area contributed by atoms with Gasteiger partial charge in [-0.3, -0.25) is 4.79 Å². The molecule has 0 saturated carbocycles. The second-order valence-electron chi connectivity index (χ2n) is 4.73. The van der Waals surface area contributed by atoms with E-state index in [0.29, 0.717) is 22.6 Å². The summed E-state index contributed by atoms with van der Waals surface area (Å²) in [5.41, 5.74) is 2.27. The molecule has 0 radical (unpaired) electrons. The third-order valence-corrected chi connectivity index (χ3v) is 3.14. The number of carbonyl (C=O) groups excluding carboxylic acids is 2. The first-order valence-electron chi connectivity index (χ1n) is 6.69. The number of carbonyl (C=O) groups is 2. The molecule has 5 heteroatoms. The van der Waals surface area contributed by atoms with Gasteiger partial charge in [-0.05, 0) is 37.3 Å². The zero-order chi connectivity index (χ0) is 16.1. The summed E-state index contributed by atoms with van der Waals surface area (Å²) in [4.78, 5) is 23.9. The van der Waals surface area contributed by atoms with Crippen LogP contribution >= 0.6 is 0 Å². The summed E-state index contributed by atoms with van der Waals surface area (Å²) >= 11 is 0. The third-order valence-electron chi connectivity index (χ3n) is 3.14. The fraction of sp³-hybridized carbons (Fsp3) is 0.176. The van der Waals surface area contributed by atoms with Crippen molar-refractivity contribution >= 4 is 17.6 Å². The van der Waals surface area contributed by atoms with Crippen molar-refractivity contribution in [3.05, 3.63) is 59.2 Å². The van der Waals surface area contributed by atoms with Gasteiger partial charge in [0.05, 0.1) is 25.3 Å². The van der Waals surface area contributed by atoms with Gasteiger partial charge in [-0.15, -0.1) is 0 Å². The molecule has 2 rings (SSSR count). The SMILES string of the molecule is COC(=O)c1cccc(NC(=O)c2cc(C)ccc2OC)c1. The van der Waals surface area contributed by atoms with Crippen LogP contribution in [-0.4, -0.2) is 26.1 Å². The summed E-state index contributed by atoms with van der Waals surface area (Å²) < 4.78 is 9.87. The highest BCUT2D eigenvalue weighted by Crippen LogP contribution is 2.21. The number of nitrogens with one attached hydrogen (secondary N) is 1. The lowest BCUT2D eigenvalue weighted by molar-refractivity contribution is 0.0600. The molecule has 0 bridgehead atoms. The molecule has 0 aliphatic rings. The van der Waals surface area contributed by atoms with Gasteiger partial charge in [0.1, 0.15) is 5.75 Å². The second-order valence-corrected chi connectivity index (χ2v) is 4.73. The molecule has 0 saturated heterocycles. The Kier molecular flexibility index (Phi) is 4.78. The van der Waals surface area contributed by atoms with E-state index >= 15 is 0 Å². The third kappa shape index (κ3) is 3.44. The molecule has 0 atom stereocenters. The maximum absolute atomic E-state index is 12.4. The molecule has 0 spiro atoms. The molecule has 0 heterocycles. The van der Waals surface area contributed by atoms with E-state index in [0.717, 1.165) is 5.56 Å². The van der Waals surface area contributed by atoms with Gasteiger partial charge in [0.15, 0.2) is 0 Å². The highest BCUT2D eigenvalue weighted by atomic mass is 16.5. The second kappa shape index (κ2) is 6.76. The minimum Gasteiger partial charge on any atom is -0.496 e. The number of aryl methyl sites for hydroxylation is 1. The molecular weight excluding hydrogens is 282 g/mol. The van der Waals surface area contributed by atoms with E-state index in [9.17, 15) is 9.59 Å². The average molecular weight is 299 g/mol. The minimum absolute atomic E-state index is 0.303. The van der Waals surface area contributed by atoms with Gasteiger partial charge in [-0.1, -0.05) is 17.7 Å². The van der Waals surface area contributed by atoms with Crippen molar-refractivity contribution in [2.45, 2.75) is 6.92 Å². The molecular formula is C17H17NO4. The molecule has 5 nitrogen and oxygen atoms in total. The van der Waals surface area contributed by atoms with Gasteiger partial charge < -0.3 is 14.8 Å². The van der Waals surface area contributed by atoms with Crippen LogP contribution in [0.15, 0.2) is 42.5 Å². The van der Waals surface area contributed by atoms with E-state index in [1.54, 1.807) is 36.4 Å². The van der Waals surface area contributed by atoms with Crippen LogP contribution in [0.2, 0.25) is 0 Å². The van der Waals surface area contributed by atoms with Crippen LogP contribution < -0.4 is 10.1 Å². The summed E-state index contributed by atoms with van der Waals surface area (Å²) in [6, 6.07) is 11.9. The summed E-state index contributed by atoms with van der Waals surface area (Å²) in [7, 11) is 2.82. The number of hydrogen-bond donors (Lipinski definition) is 1. The topological polar surface area (TPSA) is 64.6 Å². The quantitative estimate of drug-likeness (QED) is 0.881. The molecule has 2 aromatic rings. The van der Waals surface area contributed by atoms with Gasteiger partial charge in [0.2, 0.25) is 0 Å². The van der Waals surface area contributed by atoms with Crippen LogP contribution in [0.25, 0.3) is 0 Å². The van der Waals surface area contributed by atoms with Crippen LogP contribution in [0, 0.1) is 6.92 Å². The van der Waals surface area contributed by atoms with E-state index in [-0.39, 0.29) is 5.91 Å². The number of rotatable bonds is 4. The Morgan fingerprint density at radius 1 is 1.05 bits per heavy atom. The Morgan fingerprint density at radius 2 is 1.82 bits per heavy atom. The lowest BCUT2D eigenvalue weighted by Crippen LogP contribution is -2.14. The van der Waals surface area contributed by atoms with Crippen molar-refractivity contribution in [2.24, 2.45) is 0 Å². The molecule has 114 valence electrons. The van der Waals surface area contributed by atoms with Gasteiger partial charge in [-0.2, -0.15) is 0 Å².